The monoisotopic (exact) mass is 276 g/mol. The van der Waals surface area contributed by atoms with Crippen molar-refractivity contribution in [2.24, 2.45) is 7.05 Å². The van der Waals surface area contributed by atoms with Crippen molar-refractivity contribution in [2.45, 2.75) is 0 Å². The molecule has 1 heterocycles. The molecule has 0 spiro atoms. The summed E-state index contributed by atoms with van der Waals surface area (Å²) in [6.45, 7) is 0. The fourth-order valence-electron chi connectivity index (χ4n) is 1.59. The Morgan fingerprint density at radius 3 is 2.55 bits per heavy atom. The van der Waals surface area contributed by atoms with Gasteiger partial charge >= 0.3 is 11.9 Å². The van der Waals surface area contributed by atoms with Gasteiger partial charge < -0.3 is 14.6 Å². The summed E-state index contributed by atoms with van der Waals surface area (Å²) in [6, 6.07) is 7.66. The van der Waals surface area contributed by atoms with Gasteiger partial charge in [-0.2, -0.15) is 5.10 Å². The summed E-state index contributed by atoms with van der Waals surface area (Å²) in [6.07, 6.45) is 0. The fraction of sp³-hybridized carbons (Fsp3) is 0.154. The van der Waals surface area contributed by atoms with E-state index in [-0.39, 0.29) is 17.1 Å². The highest BCUT2D eigenvalue weighted by atomic mass is 16.5. The van der Waals surface area contributed by atoms with Crippen molar-refractivity contribution >= 4 is 11.9 Å². The van der Waals surface area contributed by atoms with Crippen molar-refractivity contribution in [1.82, 2.24) is 9.78 Å². The van der Waals surface area contributed by atoms with Crippen LogP contribution in [0.15, 0.2) is 30.3 Å². The molecule has 0 amide bonds. The third-order valence-corrected chi connectivity index (χ3v) is 2.56. The summed E-state index contributed by atoms with van der Waals surface area (Å²) >= 11 is 0. The van der Waals surface area contributed by atoms with Crippen molar-refractivity contribution in [1.29, 1.82) is 0 Å². The smallest absolute Gasteiger partial charge is 0.364 e. The maximum absolute atomic E-state index is 11.9. The first-order valence-electron chi connectivity index (χ1n) is 5.65. The van der Waals surface area contributed by atoms with Crippen LogP contribution in [0.5, 0.6) is 11.5 Å². The number of methoxy groups -OCH3 is 1. The lowest BCUT2D eigenvalue weighted by Crippen LogP contribution is -2.10. The van der Waals surface area contributed by atoms with Gasteiger partial charge in [-0.3, -0.25) is 4.68 Å². The number of ether oxygens (including phenoxy) is 2. The van der Waals surface area contributed by atoms with E-state index in [0.717, 1.165) is 10.7 Å². The van der Waals surface area contributed by atoms with E-state index in [4.69, 9.17) is 14.6 Å². The summed E-state index contributed by atoms with van der Waals surface area (Å²) in [7, 11) is 2.94. The number of rotatable bonds is 4. The van der Waals surface area contributed by atoms with Gasteiger partial charge in [0.1, 0.15) is 17.2 Å². The zero-order chi connectivity index (χ0) is 14.7. The molecule has 2 rings (SSSR count). The van der Waals surface area contributed by atoms with E-state index in [1.54, 1.807) is 24.3 Å². The molecule has 104 valence electrons. The van der Waals surface area contributed by atoms with E-state index in [0.29, 0.717) is 5.75 Å². The van der Waals surface area contributed by atoms with E-state index in [1.165, 1.54) is 14.2 Å². The molecular weight excluding hydrogens is 264 g/mol. The van der Waals surface area contributed by atoms with Crippen LogP contribution in [0, 0.1) is 0 Å². The topological polar surface area (TPSA) is 90.6 Å². The average molecular weight is 276 g/mol. The predicted octanol–water partition coefficient (Wildman–Crippen LogP) is 1.35. The molecule has 1 N–H and O–H groups in total. The van der Waals surface area contributed by atoms with Gasteiger partial charge in [0.25, 0.3) is 0 Å². The molecule has 0 saturated carbocycles. The molecule has 0 aliphatic heterocycles. The van der Waals surface area contributed by atoms with Gasteiger partial charge in [-0.15, -0.1) is 0 Å². The largest absolute Gasteiger partial charge is 0.497 e. The van der Waals surface area contributed by atoms with Crippen molar-refractivity contribution in [3.05, 3.63) is 41.7 Å². The van der Waals surface area contributed by atoms with E-state index in [1.807, 2.05) is 0 Å². The van der Waals surface area contributed by atoms with Crippen LogP contribution >= 0.6 is 0 Å². The molecule has 7 heteroatoms. The summed E-state index contributed by atoms with van der Waals surface area (Å²) in [4.78, 5) is 22.7. The lowest BCUT2D eigenvalue weighted by Gasteiger charge is -2.04. The number of hydrogen-bond acceptors (Lipinski definition) is 5. The number of carboxylic acids is 1. The summed E-state index contributed by atoms with van der Waals surface area (Å²) < 4.78 is 11.2. The van der Waals surface area contributed by atoms with Gasteiger partial charge in [0, 0.05) is 19.2 Å². The molecule has 20 heavy (non-hydrogen) atoms. The second-order valence-electron chi connectivity index (χ2n) is 3.91. The minimum absolute atomic E-state index is 0.0762. The highest BCUT2D eigenvalue weighted by Gasteiger charge is 2.18. The maximum Gasteiger partial charge on any atom is 0.364 e. The Balaban J connectivity index is 2.19. The number of benzene rings is 1. The van der Waals surface area contributed by atoms with E-state index < -0.39 is 11.9 Å². The molecule has 0 unspecified atom stereocenters. The number of nitrogens with zero attached hydrogens (tertiary/aromatic N) is 2. The summed E-state index contributed by atoms with van der Waals surface area (Å²) in [5.41, 5.74) is -0.171. The zero-order valence-corrected chi connectivity index (χ0v) is 10.9. The standard InChI is InChI=1S/C13H12N2O5/c1-15-11(12(16)17)7-10(14-15)13(18)20-9-5-3-4-8(6-9)19-2/h3-7H,1-2H3,(H,16,17). The Labute approximate surface area is 114 Å². The van der Waals surface area contributed by atoms with E-state index >= 15 is 0 Å². The van der Waals surface area contributed by atoms with Crippen LogP contribution in [0.2, 0.25) is 0 Å². The number of aryl methyl sites for hydroxylation is 1. The predicted molar refractivity (Wildman–Crippen MR) is 68.1 cm³/mol. The molecule has 0 saturated heterocycles. The molecule has 0 atom stereocenters. The van der Waals surface area contributed by atoms with Crippen molar-refractivity contribution in [3.63, 3.8) is 0 Å². The van der Waals surface area contributed by atoms with Crippen molar-refractivity contribution < 1.29 is 24.2 Å². The van der Waals surface area contributed by atoms with Crippen LogP contribution in [0.1, 0.15) is 21.0 Å². The van der Waals surface area contributed by atoms with Crippen LogP contribution in [0.25, 0.3) is 0 Å². The Kier molecular flexibility index (Phi) is 3.69. The van der Waals surface area contributed by atoms with Crippen LogP contribution in [0.4, 0.5) is 0 Å². The maximum atomic E-state index is 11.9. The Hall–Kier alpha value is -2.83. The van der Waals surface area contributed by atoms with Crippen molar-refractivity contribution in [3.8, 4) is 11.5 Å². The van der Waals surface area contributed by atoms with E-state index in [2.05, 4.69) is 5.10 Å². The van der Waals surface area contributed by atoms with Gasteiger partial charge in [0.05, 0.1) is 7.11 Å². The number of aromatic carboxylic acids is 1. The second-order valence-corrected chi connectivity index (χ2v) is 3.91. The third-order valence-electron chi connectivity index (χ3n) is 2.56. The van der Waals surface area contributed by atoms with Gasteiger partial charge in [-0.05, 0) is 12.1 Å². The summed E-state index contributed by atoms with van der Waals surface area (Å²) in [5, 5.41) is 12.7. The highest BCUT2D eigenvalue weighted by molar-refractivity contribution is 5.93. The van der Waals surface area contributed by atoms with Gasteiger partial charge in [-0.25, -0.2) is 9.59 Å². The number of aromatic nitrogens is 2. The van der Waals surface area contributed by atoms with Crippen LogP contribution < -0.4 is 9.47 Å². The molecular formula is C13H12N2O5. The molecule has 0 aliphatic carbocycles. The van der Waals surface area contributed by atoms with Gasteiger partial charge in [0.2, 0.25) is 0 Å². The van der Waals surface area contributed by atoms with Gasteiger partial charge in [0.15, 0.2) is 5.69 Å². The van der Waals surface area contributed by atoms with Gasteiger partial charge in [-0.1, -0.05) is 6.07 Å². The number of carbonyl (C=O) groups excluding carboxylic acids is 1. The van der Waals surface area contributed by atoms with Crippen molar-refractivity contribution in [2.75, 3.05) is 7.11 Å². The number of carbonyl (C=O) groups is 2. The molecule has 0 radical (unpaired) electrons. The Morgan fingerprint density at radius 1 is 1.25 bits per heavy atom. The molecule has 7 nitrogen and oxygen atoms in total. The minimum atomic E-state index is -1.17. The number of esters is 1. The Morgan fingerprint density at radius 2 is 1.95 bits per heavy atom. The minimum Gasteiger partial charge on any atom is -0.497 e. The van der Waals surface area contributed by atoms with Crippen LogP contribution in [0.3, 0.4) is 0 Å². The van der Waals surface area contributed by atoms with Crippen LogP contribution in [-0.2, 0) is 7.05 Å². The molecule has 2 aromatic rings. The lowest BCUT2D eigenvalue weighted by molar-refractivity contribution is 0.0683. The average Bonchev–Trinajstić information content (AvgIpc) is 2.81. The fourth-order valence-corrected chi connectivity index (χ4v) is 1.59. The van der Waals surface area contributed by atoms with Crippen LogP contribution in [-0.4, -0.2) is 33.9 Å². The third kappa shape index (κ3) is 2.77. The highest BCUT2D eigenvalue weighted by Crippen LogP contribution is 2.19. The Bertz CT molecular complexity index is 663. The number of hydrogen-bond donors (Lipinski definition) is 1. The lowest BCUT2D eigenvalue weighted by atomic mass is 10.3. The molecule has 1 aromatic heterocycles. The molecule has 1 aromatic carbocycles. The first-order valence-corrected chi connectivity index (χ1v) is 5.65. The van der Waals surface area contributed by atoms with E-state index in [9.17, 15) is 9.59 Å². The summed E-state index contributed by atoms with van der Waals surface area (Å²) in [5.74, 6) is -1.07. The zero-order valence-electron chi connectivity index (χ0n) is 10.9. The SMILES string of the molecule is COc1cccc(OC(=O)c2cc(C(=O)O)n(C)n2)c1. The molecule has 0 bridgehead atoms. The molecule has 0 fully saturated rings. The number of carboxylic acid groups (broad SMARTS) is 1. The second kappa shape index (κ2) is 5.43. The first kappa shape index (κ1) is 13.6. The quantitative estimate of drug-likeness (QED) is 0.669. The molecule has 0 aliphatic rings. The normalized spacial score (nSPS) is 10.1. The first-order chi connectivity index (χ1) is 9.51.